The second kappa shape index (κ2) is 6.20. The molecule has 0 N–H and O–H groups in total. The van der Waals surface area contributed by atoms with E-state index in [0.717, 1.165) is 33.4 Å². The van der Waals surface area contributed by atoms with E-state index in [9.17, 15) is 10.1 Å². The number of benzene rings is 3. The summed E-state index contributed by atoms with van der Waals surface area (Å²) in [5.41, 5.74) is 7.09. The van der Waals surface area contributed by atoms with Crippen molar-refractivity contribution < 1.29 is 14.3 Å². The highest BCUT2D eigenvalue weighted by Gasteiger charge is 2.43. The van der Waals surface area contributed by atoms with E-state index in [4.69, 9.17) is 21.1 Å². The van der Waals surface area contributed by atoms with Gasteiger partial charge in [-0.3, -0.25) is 0 Å². The Hall–Kier alpha value is -3.13. The Morgan fingerprint density at radius 3 is 2.46 bits per heavy atom. The fourth-order valence-corrected chi connectivity index (χ4v) is 4.29. The molecule has 0 spiro atoms. The summed E-state index contributed by atoms with van der Waals surface area (Å²) < 4.78 is 11.0. The second-order valence-corrected chi connectivity index (χ2v) is 7.31. The molecule has 2 atom stereocenters. The SMILES string of the molecule is COC(=O)c1ccc2c(c1)[C@@H]1O[C@H]2c2ccc(-c3ccc(Cl)cc3C#N)cc21. The highest BCUT2D eigenvalue weighted by molar-refractivity contribution is 6.30. The van der Waals surface area contributed by atoms with Crippen molar-refractivity contribution in [3.8, 4) is 17.2 Å². The van der Waals surface area contributed by atoms with Crippen LogP contribution in [0, 0.1) is 11.3 Å². The Kier molecular flexibility index (Phi) is 3.77. The molecule has 2 heterocycles. The largest absolute Gasteiger partial charge is 0.465 e. The summed E-state index contributed by atoms with van der Waals surface area (Å²) in [5.74, 6) is -0.362. The first-order chi connectivity index (χ1) is 13.6. The first-order valence-corrected chi connectivity index (χ1v) is 9.20. The van der Waals surface area contributed by atoms with Gasteiger partial charge in [0.25, 0.3) is 0 Å². The molecule has 0 unspecified atom stereocenters. The predicted molar refractivity (Wildman–Crippen MR) is 104 cm³/mol. The van der Waals surface area contributed by atoms with Crippen molar-refractivity contribution >= 4 is 17.6 Å². The summed E-state index contributed by atoms with van der Waals surface area (Å²) in [7, 11) is 1.37. The number of nitriles is 1. The molecule has 0 fully saturated rings. The van der Waals surface area contributed by atoms with Crippen molar-refractivity contribution in [2.75, 3.05) is 7.11 Å². The van der Waals surface area contributed by atoms with Crippen LogP contribution in [0.25, 0.3) is 11.1 Å². The quantitative estimate of drug-likeness (QED) is 0.568. The molecule has 136 valence electrons. The Bertz CT molecular complexity index is 1190. The fourth-order valence-electron chi connectivity index (χ4n) is 4.12. The van der Waals surface area contributed by atoms with Gasteiger partial charge >= 0.3 is 5.97 Å². The lowest BCUT2D eigenvalue weighted by molar-refractivity contribution is 0.0600. The molecule has 2 aliphatic heterocycles. The van der Waals surface area contributed by atoms with E-state index < -0.39 is 0 Å². The van der Waals surface area contributed by atoms with E-state index in [0.29, 0.717) is 16.1 Å². The van der Waals surface area contributed by atoms with Crippen LogP contribution in [0.3, 0.4) is 0 Å². The van der Waals surface area contributed by atoms with Gasteiger partial charge < -0.3 is 9.47 Å². The number of methoxy groups -OCH3 is 1. The predicted octanol–water partition coefficient (Wildman–Crippen LogP) is 5.19. The smallest absolute Gasteiger partial charge is 0.337 e. The maximum Gasteiger partial charge on any atom is 0.337 e. The molecule has 0 radical (unpaired) electrons. The van der Waals surface area contributed by atoms with Crippen LogP contribution >= 0.6 is 11.6 Å². The van der Waals surface area contributed by atoms with E-state index in [2.05, 4.69) is 18.2 Å². The second-order valence-electron chi connectivity index (χ2n) is 6.88. The lowest BCUT2D eigenvalue weighted by Gasteiger charge is -2.17. The Balaban J connectivity index is 1.60. The van der Waals surface area contributed by atoms with Gasteiger partial charge in [0.1, 0.15) is 12.2 Å². The maximum absolute atomic E-state index is 11.9. The molecule has 3 aromatic carbocycles. The monoisotopic (exact) mass is 387 g/mol. The molecule has 0 aliphatic carbocycles. The number of ether oxygens (including phenoxy) is 2. The lowest BCUT2D eigenvalue weighted by Crippen LogP contribution is -2.07. The van der Waals surface area contributed by atoms with E-state index in [-0.39, 0.29) is 18.2 Å². The molecule has 0 aromatic heterocycles. The number of hydrogen-bond donors (Lipinski definition) is 0. The summed E-state index contributed by atoms with van der Waals surface area (Å²) in [5, 5.41) is 10.00. The van der Waals surface area contributed by atoms with Gasteiger partial charge in [0.2, 0.25) is 0 Å². The van der Waals surface area contributed by atoms with Crippen LogP contribution in [0.4, 0.5) is 0 Å². The van der Waals surface area contributed by atoms with Gasteiger partial charge in [0.15, 0.2) is 0 Å². The van der Waals surface area contributed by atoms with Gasteiger partial charge in [0, 0.05) is 5.02 Å². The van der Waals surface area contributed by atoms with E-state index in [1.807, 2.05) is 24.3 Å². The third kappa shape index (κ3) is 2.37. The minimum absolute atomic E-state index is 0.128. The number of carbonyl (C=O) groups is 1. The van der Waals surface area contributed by atoms with Gasteiger partial charge in [-0.05, 0) is 63.7 Å². The lowest BCUT2D eigenvalue weighted by atomic mass is 9.83. The number of halogens is 1. The van der Waals surface area contributed by atoms with Crippen LogP contribution in [0.15, 0.2) is 54.6 Å². The molecule has 0 saturated heterocycles. The Morgan fingerprint density at radius 1 is 1.00 bits per heavy atom. The number of nitrogens with zero attached hydrogens (tertiary/aromatic N) is 1. The third-order valence-corrected chi connectivity index (χ3v) is 5.64. The van der Waals surface area contributed by atoms with Crippen molar-refractivity contribution in [1.82, 2.24) is 0 Å². The summed E-state index contributed by atoms with van der Waals surface area (Å²) in [6.45, 7) is 0. The average molecular weight is 388 g/mol. The van der Waals surface area contributed by atoms with Crippen LogP contribution < -0.4 is 0 Å². The number of fused-ring (bicyclic) bond motifs is 8. The molecule has 2 aliphatic rings. The molecular weight excluding hydrogens is 374 g/mol. The van der Waals surface area contributed by atoms with Gasteiger partial charge in [-0.2, -0.15) is 5.26 Å². The molecule has 0 saturated carbocycles. The highest BCUT2D eigenvalue weighted by atomic mass is 35.5. The van der Waals surface area contributed by atoms with Crippen LogP contribution in [-0.4, -0.2) is 13.1 Å². The molecule has 5 heteroatoms. The summed E-state index contributed by atoms with van der Waals surface area (Å²) in [4.78, 5) is 11.9. The summed E-state index contributed by atoms with van der Waals surface area (Å²) in [6.07, 6.45) is -0.353. The Labute approximate surface area is 166 Å². The molecule has 2 bridgehead atoms. The zero-order valence-electron chi connectivity index (χ0n) is 14.9. The standard InChI is InChI=1S/C23H14ClNO3/c1-27-23(26)13-3-6-18-20(10-13)22-19-9-12(2-5-17(19)21(18)28-22)16-7-4-15(24)8-14(16)11-25/h2-10,21-22H,1H3/t21-,22+/m0/s1. The van der Waals surface area contributed by atoms with Crippen molar-refractivity contribution in [3.63, 3.8) is 0 Å². The topological polar surface area (TPSA) is 59.3 Å². The zero-order chi connectivity index (χ0) is 19.4. The van der Waals surface area contributed by atoms with Crippen LogP contribution in [-0.2, 0) is 9.47 Å². The molecule has 28 heavy (non-hydrogen) atoms. The first kappa shape index (κ1) is 17.0. The molecule has 0 amide bonds. The van der Waals surface area contributed by atoms with Crippen molar-refractivity contribution in [3.05, 3.63) is 93.0 Å². The minimum Gasteiger partial charge on any atom is -0.465 e. The van der Waals surface area contributed by atoms with Gasteiger partial charge in [-0.1, -0.05) is 35.9 Å². The molecule has 3 aromatic rings. The molecule has 5 rings (SSSR count). The van der Waals surface area contributed by atoms with Crippen molar-refractivity contribution in [1.29, 1.82) is 5.26 Å². The highest BCUT2D eigenvalue weighted by Crippen LogP contribution is 2.54. The Morgan fingerprint density at radius 2 is 1.71 bits per heavy atom. The van der Waals surface area contributed by atoms with E-state index in [1.165, 1.54) is 7.11 Å². The van der Waals surface area contributed by atoms with E-state index in [1.54, 1.807) is 18.2 Å². The van der Waals surface area contributed by atoms with E-state index >= 15 is 0 Å². The average Bonchev–Trinajstić information content (AvgIpc) is 3.29. The van der Waals surface area contributed by atoms with Crippen molar-refractivity contribution in [2.45, 2.75) is 12.2 Å². The maximum atomic E-state index is 11.9. The van der Waals surface area contributed by atoms with Gasteiger partial charge in [-0.25, -0.2) is 4.79 Å². The number of rotatable bonds is 2. The normalized spacial score (nSPS) is 18.3. The van der Waals surface area contributed by atoms with Crippen LogP contribution in [0.1, 0.15) is 50.4 Å². The zero-order valence-corrected chi connectivity index (χ0v) is 15.7. The van der Waals surface area contributed by atoms with Gasteiger partial charge in [0.05, 0.1) is 24.3 Å². The molecule has 4 nitrogen and oxygen atoms in total. The summed E-state index contributed by atoms with van der Waals surface area (Å²) >= 11 is 6.03. The summed E-state index contributed by atoms with van der Waals surface area (Å²) in [6, 6.07) is 19.2. The van der Waals surface area contributed by atoms with Crippen LogP contribution in [0.2, 0.25) is 5.02 Å². The molecular formula is C23H14ClNO3. The number of esters is 1. The minimum atomic E-state index is -0.362. The number of carbonyl (C=O) groups excluding carboxylic acids is 1. The first-order valence-electron chi connectivity index (χ1n) is 8.82. The van der Waals surface area contributed by atoms with Crippen molar-refractivity contribution in [2.24, 2.45) is 0 Å². The van der Waals surface area contributed by atoms with Crippen LogP contribution in [0.5, 0.6) is 0 Å². The number of hydrogen-bond acceptors (Lipinski definition) is 4. The third-order valence-electron chi connectivity index (χ3n) is 5.41. The van der Waals surface area contributed by atoms with Gasteiger partial charge in [-0.15, -0.1) is 0 Å². The fraction of sp³-hybridized carbons (Fsp3) is 0.130.